The van der Waals surface area contributed by atoms with Gasteiger partial charge < -0.3 is 25.4 Å². The van der Waals surface area contributed by atoms with Gasteiger partial charge in [0.05, 0.1) is 40.4 Å². The van der Waals surface area contributed by atoms with Crippen LogP contribution in [0.25, 0.3) is 15.1 Å². The van der Waals surface area contributed by atoms with Crippen molar-refractivity contribution in [1.29, 1.82) is 0 Å². The molecule has 0 radical (unpaired) electrons. The van der Waals surface area contributed by atoms with Gasteiger partial charge in [-0.1, -0.05) is 34.6 Å². The first-order chi connectivity index (χ1) is 17.0. The average molecular weight is 529 g/mol. The van der Waals surface area contributed by atoms with E-state index in [-0.39, 0.29) is 6.61 Å². The van der Waals surface area contributed by atoms with Crippen LogP contribution in [0, 0.1) is 0 Å². The molecule has 2 aromatic rings. The molecular formula is C25H48N6O2S2. The van der Waals surface area contributed by atoms with Crippen molar-refractivity contribution in [3.05, 3.63) is 29.2 Å². The van der Waals surface area contributed by atoms with Crippen molar-refractivity contribution >= 4 is 44.6 Å². The molecule has 2 heterocycles. The lowest BCUT2D eigenvalue weighted by Crippen LogP contribution is -2.24. The normalized spacial score (nSPS) is 11.2. The fraction of sp³-hybridized carbons (Fsp3) is 0.640. The first-order valence-corrected chi connectivity index (χ1v) is 14.3. The standard InChI is InChI=1S/C14H19N5OS2.C7H17NO.2C2H6/c1-19(6-4-15)9-17-11(8-20)13(21-2)14-18-10-3-5-16-7-12(10)22-14;1-4-5-8(2)6-7-9-3;2*1-2/h3,5,7,9,20H,4,6,8,15H2,1-2H3;4-7H2,1-3H3;2*1-2H3/b13-11-,17-9?;;;. The average Bonchev–Trinajstić information content (AvgIpc) is 3.32. The quantitative estimate of drug-likeness (QED) is 0.303. The highest BCUT2D eigenvalue weighted by molar-refractivity contribution is 8.07. The summed E-state index contributed by atoms with van der Waals surface area (Å²) in [6, 6.07) is 1.88. The topological polar surface area (TPSA) is 100 Å². The molecule has 202 valence electrons. The van der Waals surface area contributed by atoms with E-state index in [1.165, 1.54) is 24.7 Å². The van der Waals surface area contributed by atoms with Crippen molar-refractivity contribution in [2.45, 2.75) is 41.0 Å². The summed E-state index contributed by atoms with van der Waals surface area (Å²) in [7, 11) is 5.75. The Bertz CT molecular complexity index is 781. The van der Waals surface area contributed by atoms with Crippen LogP contribution in [0.15, 0.2) is 29.1 Å². The largest absolute Gasteiger partial charge is 0.390 e. The van der Waals surface area contributed by atoms with E-state index in [9.17, 15) is 5.11 Å². The molecule has 0 spiro atoms. The number of hydrogen-bond acceptors (Lipinski definition) is 9. The van der Waals surface area contributed by atoms with Crippen molar-refractivity contribution in [2.24, 2.45) is 10.7 Å². The molecule has 2 aromatic heterocycles. The summed E-state index contributed by atoms with van der Waals surface area (Å²) in [4.78, 5) is 18.1. The third-order valence-electron chi connectivity index (χ3n) is 4.18. The molecule has 0 bridgehead atoms. The van der Waals surface area contributed by atoms with Gasteiger partial charge in [-0.3, -0.25) is 4.98 Å². The van der Waals surface area contributed by atoms with Gasteiger partial charge in [-0.25, -0.2) is 9.98 Å². The van der Waals surface area contributed by atoms with Crippen LogP contribution < -0.4 is 5.73 Å². The molecule has 0 atom stereocenters. The molecule has 0 amide bonds. The molecule has 10 heteroatoms. The van der Waals surface area contributed by atoms with Crippen molar-refractivity contribution < 1.29 is 9.84 Å². The van der Waals surface area contributed by atoms with E-state index < -0.39 is 0 Å². The predicted octanol–water partition coefficient (Wildman–Crippen LogP) is 4.66. The van der Waals surface area contributed by atoms with Gasteiger partial charge in [-0.05, 0) is 32.3 Å². The Morgan fingerprint density at radius 1 is 1.23 bits per heavy atom. The second-order valence-electron chi connectivity index (χ2n) is 6.81. The zero-order chi connectivity index (χ0) is 27.1. The van der Waals surface area contributed by atoms with Gasteiger partial charge in [0.25, 0.3) is 0 Å². The molecule has 0 unspecified atom stereocenters. The first kappa shape index (κ1) is 35.6. The van der Waals surface area contributed by atoms with E-state index in [1.807, 2.05) is 52.0 Å². The van der Waals surface area contributed by atoms with Gasteiger partial charge in [0.1, 0.15) is 5.01 Å². The number of pyridine rings is 1. The van der Waals surface area contributed by atoms with Crippen LogP contribution in [0.5, 0.6) is 0 Å². The Hall–Kier alpha value is -1.56. The number of aliphatic hydroxyl groups is 1. The number of aliphatic hydroxyl groups excluding tert-OH is 1. The Balaban J connectivity index is 0. The SMILES string of the molecule is CC.CC.CCCN(C)CCOC.CS/C(=C(/CO)N=CN(C)CCN)c1nc2ccncc2s1. The number of rotatable bonds is 12. The van der Waals surface area contributed by atoms with Crippen LogP contribution in [0.3, 0.4) is 0 Å². The molecule has 2 rings (SSSR count). The Morgan fingerprint density at radius 3 is 2.43 bits per heavy atom. The third-order valence-corrected chi connectivity index (χ3v) is 6.17. The van der Waals surface area contributed by atoms with Crippen LogP contribution >= 0.6 is 23.1 Å². The molecule has 0 saturated carbocycles. The number of nitrogens with zero attached hydrogens (tertiary/aromatic N) is 5. The van der Waals surface area contributed by atoms with Crippen LogP contribution in [0.2, 0.25) is 0 Å². The summed E-state index contributed by atoms with van der Waals surface area (Å²) in [5, 5.41) is 10.5. The minimum Gasteiger partial charge on any atom is -0.390 e. The maximum absolute atomic E-state index is 9.64. The predicted molar refractivity (Wildman–Crippen MR) is 157 cm³/mol. The van der Waals surface area contributed by atoms with Crippen molar-refractivity contribution in [3.8, 4) is 0 Å². The van der Waals surface area contributed by atoms with Gasteiger partial charge in [0.15, 0.2) is 0 Å². The molecule has 3 N–H and O–H groups in total. The summed E-state index contributed by atoms with van der Waals surface area (Å²) < 4.78 is 5.94. The lowest BCUT2D eigenvalue weighted by molar-refractivity contribution is 0.161. The van der Waals surface area contributed by atoms with E-state index in [0.29, 0.717) is 18.8 Å². The molecule has 0 aliphatic rings. The molecule has 8 nitrogen and oxygen atoms in total. The fourth-order valence-electron chi connectivity index (χ4n) is 2.55. The number of nitrogens with two attached hydrogens (primary N) is 1. The number of fused-ring (bicyclic) bond motifs is 1. The van der Waals surface area contributed by atoms with Crippen molar-refractivity contribution in [1.82, 2.24) is 19.8 Å². The van der Waals surface area contributed by atoms with Gasteiger partial charge in [-0.2, -0.15) is 0 Å². The van der Waals surface area contributed by atoms with Crippen LogP contribution in [0.4, 0.5) is 0 Å². The number of ether oxygens (including phenoxy) is 1. The molecule has 0 aliphatic heterocycles. The summed E-state index contributed by atoms with van der Waals surface area (Å²) >= 11 is 3.07. The van der Waals surface area contributed by atoms with Gasteiger partial charge >= 0.3 is 0 Å². The Morgan fingerprint density at radius 2 is 1.91 bits per heavy atom. The number of aliphatic imine (C=N–C) groups is 1. The second kappa shape index (κ2) is 24.1. The Kier molecular flexibility index (Phi) is 24.6. The maximum atomic E-state index is 9.64. The number of hydrogen-bond donors (Lipinski definition) is 2. The number of thiazole rings is 1. The summed E-state index contributed by atoms with van der Waals surface area (Å²) in [6.07, 6.45) is 8.38. The maximum Gasteiger partial charge on any atom is 0.132 e. The van der Waals surface area contributed by atoms with E-state index in [0.717, 1.165) is 33.3 Å². The Labute approximate surface area is 221 Å². The zero-order valence-corrected chi connectivity index (χ0v) is 24.9. The first-order valence-electron chi connectivity index (χ1n) is 12.2. The zero-order valence-electron chi connectivity index (χ0n) is 23.2. The highest BCUT2D eigenvalue weighted by Crippen LogP contribution is 2.34. The number of methoxy groups -OCH3 is 1. The smallest absolute Gasteiger partial charge is 0.132 e. The van der Waals surface area contributed by atoms with Gasteiger partial charge in [0, 0.05) is 46.2 Å². The minimum absolute atomic E-state index is 0.142. The van der Waals surface area contributed by atoms with Crippen LogP contribution in [0.1, 0.15) is 46.0 Å². The van der Waals surface area contributed by atoms with E-state index in [1.54, 1.807) is 37.2 Å². The van der Waals surface area contributed by atoms with E-state index in [4.69, 9.17) is 10.5 Å². The highest BCUT2D eigenvalue weighted by atomic mass is 32.2. The van der Waals surface area contributed by atoms with Crippen molar-refractivity contribution in [2.75, 3.05) is 66.9 Å². The molecule has 0 aromatic carbocycles. The van der Waals surface area contributed by atoms with E-state index in [2.05, 4.69) is 33.8 Å². The summed E-state index contributed by atoms with van der Waals surface area (Å²) in [5.41, 5.74) is 7.01. The monoisotopic (exact) mass is 528 g/mol. The minimum atomic E-state index is -0.142. The van der Waals surface area contributed by atoms with Gasteiger partial charge in [0.2, 0.25) is 0 Å². The highest BCUT2D eigenvalue weighted by Gasteiger charge is 2.13. The number of aromatic nitrogens is 2. The molecule has 0 fully saturated rings. The van der Waals surface area contributed by atoms with E-state index >= 15 is 0 Å². The third kappa shape index (κ3) is 15.2. The summed E-state index contributed by atoms with van der Waals surface area (Å²) in [6.45, 7) is 14.4. The fourth-order valence-corrected chi connectivity index (χ4v) is 4.39. The molecule has 0 aliphatic carbocycles. The van der Waals surface area contributed by atoms with Crippen LogP contribution in [-0.4, -0.2) is 98.1 Å². The molecule has 35 heavy (non-hydrogen) atoms. The van der Waals surface area contributed by atoms with Crippen molar-refractivity contribution in [3.63, 3.8) is 0 Å². The second-order valence-corrected chi connectivity index (χ2v) is 8.66. The number of likely N-dealkylation sites (N-methyl/N-ethyl adjacent to an activating group) is 2. The van der Waals surface area contributed by atoms with Gasteiger partial charge in [-0.15, -0.1) is 23.1 Å². The van der Waals surface area contributed by atoms with Crippen LogP contribution in [-0.2, 0) is 4.74 Å². The lowest BCUT2D eigenvalue weighted by Gasteiger charge is -2.13. The summed E-state index contributed by atoms with van der Waals surface area (Å²) in [5.74, 6) is 0. The number of thioether (sulfide) groups is 1. The molecule has 0 saturated heterocycles. The molecular weight excluding hydrogens is 480 g/mol. The lowest BCUT2D eigenvalue weighted by atomic mass is 10.4.